The van der Waals surface area contributed by atoms with Gasteiger partial charge in [0.2, 0.25) is 5.91 Å². The number of fused-ring (bicyclic) bond motifs is 1. The van der Waals surface area contributed by atoms with Crippen molar-refractivity contribution in [2.24, 2.45) is 11.8 Å². The topological polar surface area (TPSA) is 23.6 Å². The molecule has 0 aromatic heterocycles. The Labute approximate surface area is 170 Å². The molecule has 1 saturated heterocycles. The number of halogens is 1. The molecule has 3 unspecified atom stereocenters. The smallest absolute Gasteiger partial charge is 0.240 e. The van der Waals surface area contributed by atoms with Crippen molar-refractivity contribution in [3.8, 4) is 0 Å². The zero-order valence-electron chi connectivity index (χ0n) is 18.2. The quantitative estimate of drug-likeness (QED) is 0.704. The van der Waals surface area contributed by atoms with Crippen molar-refractivity contribution in [3.05, 3.63) is 35.6 Å². The van der Waals surface area contributed by atoms with Crippen molar-refractivity contribution in [3.63, 3.8) is 0 Å². The van der Waals surface area contributed by atoms with E-state index in [1.54, 1.807) is 12.1 Å². The first-order chi connectivity index (χ1) is 13.2. The molecular weight excluding hydrogens is 351 g/mol. The van der Waals surface area contributed by atoms with Crippen molar-refractivity contribution in [2.45, 2.75) is 90.9 Å². The van der Waals surface area contributed by atoms with Crippen molar-refractivity contribution < 1.29 is 9.18 Å². The number of rotatable bonds is 4. The van der Waals surface area contributed by atoms with Crippen LogP contribution in [0.1, 0.15) is 72.3 Å². The Bertz CT molecular complexity index is 664. The number of likely N-dealkylation sites (tertiary alicyclic amines) is 1. The third-order valence-corrected chi connectivity index (χ3v) is 6.72. The van der Waals surface area contributed by atoms with Crippen LogP contribution in [0.25, 0.3) is 0 Å². The van der Waals surface area contributed by atoms with E-state index in [9.17, 15) is 9.18 Å². The minimum atomic E-state index is -0.235. The van der Waals surface area contributed by atoms with Crippen molar-refractivity contribution in [2.75, 3.05) is 6.54 Å². The summed E-state index contributed by atoms with van der Waals surface area (Å²) in [5.74, 6) is 1.42. The Morgan fingerprint density at radius 1 is 1.14 bits per heavy atom. The van der Waals surface area contributed by atoms with Gasteiger partial charge in [-0.05, 0) is 77.0 Å². The first-order valence-corrected chi connectivity index (χ1v) is 11.0. The second-order valence-corrected chi connectivity index (χ2v) is 10.1. The van der Waals surface area contributed by atoms with E-state index in [-0.39, 0.29) is 29.3 Å². The van der Waals surface area contributed by atoms with Crippen LogP contribution < -0.4 is 0 Å². The standard InChI is InChI=1S/C24H37FN2O/c1-17(2)26(15-18-10-12-21(25)13-11-18)23(28)22-14-19-8-6-7-9-20(19)16-27(22)24(3,4)5/h10-13,17,19-20,22H,6-9,14-16H2,1-5H3. The van der Waals surface area contributed by atoms with Crippen LogP contribution in [0.5, 0.6) is 0 Å². The van der Waals surface area contributed by atoms with Gasteiger partial charge in [-0.25, -0.2) is 4.39 Å². The first-order valence-electron chi connectivity index (χ1n) is 11.0. The molecule has 3 rings (SSSR count). The van der Waals surface area contributed by atoms with Gasteiger partial charge in [0.1, 0.15) is 5.82 Å². The Morgan fingerprint density at radius 3 is 2.32 bits per heavy atom. The Kier molecular flexibility index (Phi) is 6.48. The molecule has 156 valence electrons. The van der Waals surface area contributed by atoms with Gasteiger partial charge >= 0.3 is 0 Å². The SMILES string of the molecule is CC(C)N(Cc1ccc(F)cc1)C(=O)C1CC2CCCCC2CN1C(C)(C)C. The summed E-state index contributed by atoms with van der Waals surface area (Å²) in [5.41, 5.74) is 0.957. The molecule has 1 aliphatic heterocycles. The minimum Gasteiger partial charge on any atom is -0.335 e. The molecule has 1 amide bonds. The average molecular weight is 389 g/mol. The zero-order valence-corrected chi connectivity index (χ0v) is 18.2. The van der Waals surface area contributed by atoms with Crippen LogP contribution in [-0.2, 0) is 11.3 Å². The van der Waals surface area contributed by atoms with Crippen molar-refractivity contribution in [1.29, 1.82) is 0 Å². The maximum atomic E-state index is 13.8. The molecule has 0 N–H and O–H groups in total. The summed E-state index contributed by atoms with van der Waals surface area (Å²) in [7, 11) is 0. The molecule has 0 spiro atoms. The van der Waals surface area contributed by atoms with Gasteiger partial charge in [0.05, 0.1) is 6.04 Å². The van der Waals surface area contributed by atoms with Crippen LogP contribution >= 0.6 is 0 Å². The summed E-state index contributed by atoms with van der Waals surface area (Å²) in [5, 5.41) is 0. The third kappa shape index (κ3) is 4.76. The summed E-state index contributed by atoms with van der Waals surface area (Å²) in [6, 6.07) is 6.60. The normalized spacial score (nSPS) is 26.2. The monoisotopic (exact) mass is 388 g/mol. The third-order valence-electron chi connectivity index (χ3n) is 6.72. The van der Waals surface area contributed by atoms with E-state index < -0.39 is 0 Å². The van der Waals surface area contributed by atoms with Crippen molar-refractivity contribution >= 4 is 5.91 Å². The summed E-state index contributed by atoms with van der Waals surface area (Å²) in [6.07, 6.45) is 6.20. The molecule has 28 heavy (non-hydrogen) atoms. The van der Waals surface area contributed by atoms with E-state index in [1.807, 2.05) is 4.90 Å². The number of piperidine rings is 1. The van der Waals surface area contributed by atoms with Crippen LogP contribution in [0.3, 0.4) is 0 Å². The summed E-state index contributed by atoms with van der Waals surface area (Å²) < 4.78 is 13.3. The number of carbonyl (C=O) groups is 1. The molecule has 3 atom stereocenters. The summed E-state index contributed by atoms with van der Waals surface area (Å²) in [6.45, 7) is 12.4. The number of hydrogen-bond donors (Lipinski definition) is 0. The Hall–Kier alpha value is -1.42. The number of benzene rings is 1. The van der Waals surface area contributed by atoms with Crippen LogP contribution in [0.2, 0.25) is 0 Å². The Morgan fingerprint density at radius 2 is 1.75 bits per heavy atom. The lowest BCUT2D eigenvalue weighted by Gasteiger charge is -2.51. The van der Waals surface area contributed by atoms with Crippen LogP contribution in [-0.4, -0.2) is 39.9 Å². The molecule has 1 saturated carbocycles. The van der Waals surface area contributed by atoms with Gasteiger partial charge in [-0.15, -0.1) is 0 Å². The highest BCUT2D eigenvalue weighted by atomic mass is 19.1. The fraction of sp³-hybridized carbons (Fsp3) is 0.708. The van der Waals surface area contributed by atoms with Crippen LogP contribution in [0.4, 0.5) is 4.39 Å². The van der Waals surface area contributed by atoms with Gasteiger partial charge in [-0.1, -0.05) is 31.4 Å². The number of nitrogens with zero attached hydrogens (tertiary/aromatic N) is 2. The second kappa shape index (κ2) is 8.52. The van der Waals surface area contributed by atoms with Gasteiger partial charge in [0, 0.05) is 24.7 Å². The predicted molar refractivity (Wildman–Crippen MR) is 112 cm³/mol. The lowest BCUT2D eigenvalue weighted by Crippen LogP contribution is -2.61. The summed E-state index contributed by atoms with van der Waals surface area (Å²) >= 11 is 0. The molecular formula is C24H37FN2O. The molecule has 1 aromatic rings. The molecule has 2 fully saturated rings. The molecule has 0 bridgehead atoms. The van der Waals surface area contributed by atoms with E-state index in [4.69, 9.17) is 0 Å². The van der Waals surface area contributed by atoms with E-state index in [1.165, 1.54) is 37.8 Å². The van der Waals surface area contributed by atoms with Crippen LogP contribution in [0, 0.1) is 17.7 Å². The van der Waals surface area contributed by atoms with E-state index in [2.05, 4.69) is 39.5 Å². The Balaban J connectivity index is 1.83. The molecule has 4 heteroatoms. The second-order valence-electron chi connectivity index (χ2n) is 10.1. The lowest BCUT2D eigenvalue weighted by molar-refractivity contribution is -0.147. The number of carbonyl (C=O) groups excluding carboxylic acids is 1. The van der Waals surface area contributed by atoms with Crippen LogP contribution in [0.15, 0.2) is 24.3 Å². The van der Waals surface area contributed by atoms with E-state index >= 15 is 0 Å². The number of amides is 1. The van der Waals surface area contributed by atoms with Gasteiger partial charge < -0.3 is 4.90 Å². The highest BCUT2D eigenvalue weighted by molar-refractivity contribution is 5.82. The van der Waals surface area contributed by atoms with Gasteiger partial charge in [0.25, 0.3) is 0 Å². The van der Waals surface area contributed by atoms with Gasteiger partial charge in [-0.2, -0.15) is 0 Å². The largest absolute Gasteiger partial charge is 0.335 e. The highest BCUT2D eigenvalue weighted by Crippen LogP contribution is 2.41. The maximum absolute atomic E-state index is 13.8. The molecule has 2 aliphatic rings. The molecule has 3 nitrogen and oxygen atoms in total. The average Bonchev–Trinajstić information content (AvgIpc) is 2.65. The predicted octanol–water partition coefficient (Wildman–Crippen LogP) is 5.24. The van der Waals surface area contributed by atoms with E-state index in [0.717, 1.165) is 24.4 Å². The first kappa shape index (κ1) is 21.3. The zero-order chi connectivity index (χ0) is 20.5. The highest BCUT2D eigenvalue weighted by Gasteiger charge is 2.45. The lowest BCUT2D eigenvalue weighted by atomic mass is 9.71. The molecule has 0 radical (unpaired) electrons. The summed E-state index contributed by atoms with van der Waals surface area (Å²) in [4.78, 5) is 18.2. The molecule has 1 aromatic carbocycles. The van der Waals surface area contributed by atoms with Gasteiger partial charge in [0.15, 0.2) is 0 Å². The molecule has 1 heterocycles. The molecule has 1 aliphatic carbocycles. The fourth-order valence-electron chi connectivity index (χ4n) is 5.10. The minimum absolute atomic E-state index is 0.0265. The number of hydrogen-bond acceptors (Lipinski definition) is 2. The van der Waals surface area contributed by atoms with Gasteiger partial charge in [-0.3, -0.25) is 9.69 Å². The maximum Gasteiger partial charge on any atom is 0.240 e. The van der Waals surface area contributed by atoms with E-state index in [0.29, 0.717) is 12.5 Å². The fourth-order valence-corrected chi connectivity index (χ4v) is 5.10. The van der Waals surface area contributed by atoms with Crippen molar-refractivity contribution in [1.82, 2.24) is 9.80 Å².